The van der Waals surface area contributed by atoms with E-state index in [2.05, 4.69) is 65.0 Å². The number of anilines is 1. The molecular weight excluding hydrogens is 470 g/mol. The molecule has 0 atom stereocenters. The van der Waals surface area contributed by atoms with Gasteiger partial charge in [-0.1, -0.05) is 23.4 Å². The summed E-state index contributed by atoms with van der Waals surface area (Å²) in [7, 11) is 0. The second kappa shape index (κ2) is 9.05. The van der Waals surface area contributed by atoms with Crippen LogP contribution in [0.15, 0.2) is 82.1 Å². The van der Waals surface area contributed by atoms with Crippen molar-refractivity contribution in [3.8, 4) is 10.6 Å². The van der Waals surface area contributed by atoms with Crippen molar-refractivity contribution in [2.45, 2.75) is 26.9 Å². The number of nitrogens with one attached hydrogen (secondary N) is 1. The second-order valence-corrected chi connectivity index (χ2v) is 9.95. The summed E-state index contributed by atoms with van der Waals surface area (Å²) in [5, 5.41) is 13.8. The Hall–Kier alpha value is -4.30. The van der Waals surface area contributed by atoms with Crippen LogP contribution >= 0.6 is 11.3 Å². The third-order valence-electron chi connectivity index (χ3n) is 6.05. The van der Waals surface area contributed by atoms with Gasteiger partial charge < -0.3 is 9.73 Å². The average molecular weight is 494 g/mol. The van der Waals surface area contributed by atoms with Gasteiger partial charge in [-0.05, 0) is 73.0 Å². The van der Waals surface area contributed by atoms with E-state index in [0.29, 0.717) is 18.7 Å². The average Bonchev–Trinajstić information content (AvgIpc) is 3.49. The summed E-state index contributed by atoms with van der Waals surface area (Å²) in [5.74, 6) is 0. The highest BCUT2D eigenvalue weighted by atomic mass is 32.1. The predicted molar refractivity (Wildman–Crippen MR) is 143 cm³/mol. The molecule has 0 aliphatic rings. The molecule has 7 nitrogen and oxygen atoms in total. The quantitative estimate of drug-likeness (QED) is 0.289. The van der Waals surface area contributed by atoms with E-state index < -0.39 is 0 Å². The third-order valence-corrected chi connectivity index (χ3v) is 7.12. The Morgan fingerprint density at radius 2 is 1.78 bits per heavy atom. The number of aromatic nitrogens is 4. The van der Waals surface area contributed by atoms with Crippen molar-refractivity contribution >= 4 is 38.2 Å². The maximum atomic E-state index is 12.0. The molecule has 0 radical (unpaired) electrons. The van der Waals surface area contributed by atoms with E-state index in [-0.39, 0.29) is 5.63 Å². The molecule has 3 aromatic carbocycles. The van der Waals surface area contributed by atoms with Crippen molar-refractivity contribution in [3.05, 3.63) is 106 Å². The zero-order chi connectivity index (χ0) is 24.6. The minimum absolute atomic E-state index is 0.366. The molecule has 0 amide bonds. The standard InChI is InChI=1S/C28H23N5O2S/c1-17-3-9-23-20(13-27(34)35-25(23)11-17)15-33-16-22(31-32-33)14-29-21-7-5-19(6-8-21)28-30-24-10-4-18(2)12-26(24)36-28/h3-13,16,29H,14-15H2,1-2H3. The van der Waals surface area contributed by atoms with E-state index in [1.54, 1.807) is 16.0 Å². The van der Waals surface area contributed by atoms with E-state index >= 15 is 0 Å². The molecular formula is C28H23N5O2S. The molecule has 1 N–H and O–H groups in total. The first-order valence-corrected chi connectivity index (χ1v) is 12.5. The smallest absolute Gasteiger partial charge is 0.336 e. The zero-order valence-electron chi connectivity index (χ0n) is 19.9. The lowest BCUT2D eigenvalue weighted by atomic mass is 10.1. The Morgan fingerprint density at radius 3 is 2.64 bits per heavy atom. The largest absolute Gasteiger partial charge is 0.423 e. The number of hydrogen-bond donors (Lipinski definition) is 1. The first kappa shape index (κ1) is 22.2. The van der Waals surface area contributed by atoms with Crippen molar-refractivity contribution in [2.75, 3.05) is 5.32 Å². The summed E-state index contributed by atoms with van der Waals surface area (Å²) in [6.45, 7) is 5.05. The van der Waals surface area contributed by atoms with Crippen molar-refractivity contribution in [1.29, 1.82) is 0 Å². The van der Waals surface area contributed by atoms with E-state index in [0.717, 1.165) is 44.0 Å². The van der Waals surface area contributed by atoms with Crippen LogP contribution < -0.4 is 10.9 Å². The molecule has 0 bridgehead atoms. The lowest BCUT2D eigenvalue weighted by Crippen LogP contribution is -2.06. The van der Waals surface area contributed by atoms with Crippen molar-refractivity contribution in [1.82, 2.24) is 20.0 Å². The maximum Gasteiger partial charge on any atom is 0.336 e. The second-order valence-electron chi connectivity index (χ2n) is 8.92. The lowest BCUT2D eigenvalue weighted by molar-refractivity contribution is 0.555. The lowest BCUT2D eigenvalue weighted by Gasteiger charge is -2.06. The number of aryl methyl sites for hydroxylation is 2. The first-order chi connectivity index (χ1) is 17.5. The Morgan fingerprint density at radius 1 is 0.972 bits per heavy atom. The van der Waals surface area contributed by atoms with Crippen LogP contribution in [0, 0.1) is 13.8 Å². The summed E-state index contributed by atoms with van der Waals surface area (Å²) >= 11 is 1.71. The fraction of sp³-hybridized carbons (Fsp3) is 0.143. The third kappa shape index (κ3) is 4.50. The van der Waals surface area contributed by atoms with Gasteiger partial charge in [0.05, 0.1) is 29.5 Å². The number of thiazole rings is 1. The molecule has 0 spiro atoms. The number of benzene rings is 3. The van der Waals surface area contributed by atoms with Crippen LogP contribution in [0.4, 0.5) is 5.69 Å². The molecule has 0 aliphatic heterocycles. The normalized spacial score (nSPS) is 11.4. The van der Waals surface area contributed by atoms with E-state index in [1.807, 2.05) is 31.3 Å². The monoisotopic (exact) mass is 493 g/mol. The molecule has 0 unspecified atom stereocenters. The van der Waals surface area contributed by atoms with Crippen LogP contribution in [0.3, 0.4) is 0 Å². The zero-order valence-corrected chi connectivity index (χ0v) is 20.7. The predicted octanol–water partition coefficient (Wildman–Crippen LogP) is 5.94. The minimum Gasteiger partial charge on any atom is -0.423 e. The molecule has 36 heavy (non-hydrogen) atoms. The molecule has 0 fully saturated rings. The minimum atomic E-state index is -0.366. The maximum absolute atomic E-state index is 12.0. The highest BCUT2D eigenvalue weighted by Gasteiger charge is 2.10. The molecule has 6 aromatic rings. The molecule has 3 aromatic heterocycles. The molecule has 0 saturated carbocycles. The summed E-state index contributed by atoms with van der Waals surface area (Å²) in [6, 6.07) is 22.0. The fourth-order valence-electron chi connectivity index (χ4n) is 4.22. The number of nitrogens with zero attached hydrogens (tertiary/aromatic N) is 4. The summed E-state index contributed by atoms with van der Waals surface area (Å²) in [6.07, 6.45) is 1.89. The molecule has 0 saturated heterocycles. The molecule has 178 valence electrons. The van der Waals surface area contributed by atoms with E-state index in [1.165, 1.54) is 16.3 Å². The van der Waals surface area contributed by atoms with Crippen LogP contribution in [0.5, 0.6) is 0 Å². The van der Waals surface area contributed by atoms with Gasteiger partial charge in [0.2, 0.25) is 0 Å². The van der Waals surface area contributed by atoms with Gasteiger partial charge in [-0.25, -0.2) is 14.5 Å². The van der Waals surface area contributed by atoms with Crippen LogP contribution in [0.25, 0.3) is 31.8 Å². The summed E-state index contributed by atoms with van der Waals surface area (Å²) in [4.78, 5) is 16.8. The first-order valence-electron chi connectivity index (χ1n) is 11.6. The summed E-state index contributed by atoms with van der Waals surface area (Å²) in [5.41, 5.74) is 7.29. The Kier molecular flexibility index (Phi) is 5.58. The van der Waals surface area contributed by atoms with Gasteiger partial charge >= 0.3 is 5.63 Å². The molecule has 8 heteroatoms. The number of rotatable bonds is 6. The van der Waals surface area contributed by atoms with E-state index in [9.17, 15) is 4.79 Å². The fourth-order valence-corrected chi connectivity index (χ4v) is 5.29. The van der Waals surface area contributed by atoms with Crippen LogP contribution in [-0.2, 0) is 13.1 Å². The van der Waals surface area contributed by atoms with Gasteiger partial charge in [-0.3, -0.25) is 0 Å². The Labute approximate surface area is 211 Å². The Bertz CT molecular complexity index is 1770. The summed E-state index contributed by atoms with van der Waals surface area (Å²) < 4.78 is 8.30. The topological polar surface area (TPSA) is 85.8 Å². The van der Waals surface area contributed by atoms with Gasteiger partial charge in [0.1, 0.15) is 16.3 Å². The van der Waals surface area contributed by atoms with Crippen molar-refractivity contribution in [2.24, 2.45) is 0 Å². The van der Waals surface area contributed by atoms with Gasteiger partial charge in [0, 0.05) is 22.7 Å². The SMILES string of the molecule is Cc1ccc2c(Cn3cc(CNc4ccc(-c5nc6ccc(C)cc6s5)cc4)nn3)cc(=O)oc2c1. The van der Waals surface area contributed by atoms with Crippen LogP contribution in [-0.4, -0.2) is 20.0 Å². The van der Waals surface area contributed by atoms with Gasteiger partial charge in [-0.2, -0.15) is 0 Å². The molecule has 0 aliphatic carbocycles. The number of hydrogen-bond acceptors (Lipinski definition) is 7. The van der Waals surface area contributed by atoms with Crippen LogP contribution in [0.1, 0.15) is 22.4 Å². The van der Waals surface area contributed by atoms with Gasteiger partial charge in [0.25, 0.3) is 0 Å². The van der Waals surface area contributed by atoms with Gasteiger partial charge in [0.15, 0.2) is 0 Å². The molecule has 6 rings (SSSR count). The number of fused-ring (bicyclic) bond motifs is 2. The highest BCUT2D eigenvalue weighted by molar-refractivity contribution is 7.21. The Balaban J connectivity index is 1.13. The van der Waals surface area contributed by atoms with Crippen LogP contribution in [0.2, 0.25) is 0 Å². The van der Waals surface area contributed by atoms with E-state index in [4.69, 9.17) is 9.40 Å². The molecule has 3 heterocycles. The van der Waals surface area contributed by atoms with Crippen molar-refractivity contribution in [3.63, 3.8) is 0 Å². The van der Waals surface area contributed by atoms with Crippen molar-refractivity contribution < 1.29 is 4.42 Å². The van der Waals surface area contributed by atoms with Gasteiger partial charge in [-0.15, -0.1) is 16.4 Å². The highest BCUT2D eigenvalue weighted by Crippen LogP contribution is 2.31.